The van der Waals surface area contributed by atoms with Gasteiger partial charge in [-0.15, -0.1) is 0 Å². The molecule has 0 aliphatic carbocycles. The zero-order chi connectivity index (χ0) is 12.8. The number of nitrogens with one attached hydrogen (secondary N) is 1. The number of likely N-dealkylation sites (N-methyl/N-ethyl adjacent to an activating group) is 1. The highest BCUT2D eigenvalue weighted by Crippen LogP contribution is 2.21. The predicted octanol–water partition coefficient (Wildman–Crippen LogP) is 3.88. The van der Waals surface area contributed by atoms with Gasteiger partial charge in [-0.1, -0.05) is 43.7 Å². The van der Waals surface area contributed by atoms with Crippen molar-refractivity contribution in [1.82, 2.24) is 5.32 Å². The molecule has 1 N–H and O–H groups in total. The standard InChI is InChI=1S/C14H19F2N/c1-10(2)13(9-17-3)8-11-5-4-6-12(7-11)14(15)16/h4-8,10,14,17H,9H2,1-3H3/b13-8-. The van der Waals surface area contributed by atoms with Crippen LogP contribution in [0.4, 0.5) is 8.78 Å². The Labute approximate surface area is 102 Å². The van der Waals surface area contributed by atoms with E-state index in [-0.39, 0.29) is 5.56 Å². The van der Waals surface area contributed by atoms with E-state index in [1.807, 2.05) is 19.2 Å². The lowest BCUT2D eigenvalue weighted by Crippen LogP contribution is -2.13. The smallest absolute Gasteiger partial charge is 0.263 e. The topological polar surface area (TPSA) is 12.0 Å². The first-order chi connectivity index (χ1) is 8.04. The third-order valence-electron chi connectivity index (χ3n) is 2.64. The van der Waals surface area contributed by atoms with Gasteiger partial charge in [-0.3, -0.25) is 0 Å². The summed E-state index contributed by atoms with van der Waals surface area (Å²) in [5.74, 6) is 0.401. The van der Waals surface area contributed by atoms with Gasteiger partial charge in [-0.25, -0.2) is 8.78 Å². The van der Waals surface area contributed by atoms with Crippen molar-refractivity contribution in [2.24, 2.45) is 5.92 Å². The summed E-state index contributed by atoms with van der Waals surface area (Å²) in [7, 11) is 1.88. The van der Waals surface area contributed by atoms with Crippen LogP contribution < -0.4 is 5.32 Å². The zero-order valence-corrected chi connectivity index (χ0v) is 10.5. The fourth-order valence-electron chi connectivity index (χ4n) is 1.62. The Kier molecular flexibility index (Phi) is 5.29. The second-order valence-electron chi connectivity index (χ2n) is 4.38. The van der Waals surface area contributed by atoms with Crippen LogP contribution in [-0.2, 0) is 0 Å². The molecule has 1 nitrogen and oxygen atoms in total. The molecule has 17 heavy (non-hydrogen) atoms. The van der Waals surface area contributed by atoms with Gasteiger partial charge in [0, 0.05) is 12.1 Å². The van der Waals surface area contributed by atoms with E-state index in [4.69, 9.17) is 0 Å². The van der Waals surface area contributed by atoms with E-state index in [0.29, 0.717) is 5.92 Å². The van der Waals surface area contributed by atoms with Crippen LogP contribution in [0.3, 0.4) is 0 Å². The molecule has 0 aliphatic heterocycles. The maximum Gasteiger partial charge on any atom is 0.263 e. The maximum atomic E-state index is 12.6. The molecule has 0 spiro atoms. The van der Waals surface area contributed by atoms with E-state index in [0.717, 1.165) is 12.1 Å². The number of hydrogen-bond acceptors (Lipinski definition) is 1. The van der Waals surface area contributed by atoms with Gasteiger partial charge in [-0.2, -0.15) is 0 Å². The molecular weight excluding hydrogens is 220 g/mol. The van der Waals surface area contributed by atoms with Crippen LogP contribution in [0.2, 0.25) is 0 Å². The van der Waals surface area contributed by atoms with Crippen molar-refractivity contribution in [2.45, 2.75) is 20.3 Å². The average Bonchev–Trinajstić information content (AvgIpc) is 2.28. The van der Waals surface area contributed by atoms with Gasteiger partial charge in [0.15, 0.2) is 0 Å². The molecule has 0 aromatic heterocycles. The molecule has 0 atom stereocenters. The van der Waals surface area contributed by atoms with E-state index >= 15 is 0 Å². The molecule has 1 rings (SSSR count). The van der Waals surface area contributed by atoms with Gasteiger partial charge in [-0.05, 0) is 24.6 Å². The maximum absolute atomic E-state index is 12.6. The van der Waals surface area contributed by atoms with Gasteiger partial charge in [0.2, 0.25) is 0 Å². The van der Waals surface area contributed by atoms with Crippen LogP contribution in [0.5, 0.6) is 0 Å². The molecule has 0 amide bonds. The minimum Gasteiger partial charge on any atom is -0.316 e. The van der Waals surface area contributed by atoms with Gasteiger partial charge in [0.1, 0.15) is 0 Å². The van der Waals surface area contributed by atoms with E-state index in [1.165, 1.54) is 11.6 Å². The summed E-state index contributed by atoms with van der Waals surface area (Å²) in [5.41, 5.74) is 2.12. The molecule has 0 heterocycles. The van der Waals surface area contributed by atoms with Crippen molar-refractivity contribution in [3.8, 4) is 0 Å². The number of rotatable bonds is 5. The fourth-order valence-corrected chi connectivity index (χ4v) is 1.62. The van der Waals surface area contributed by atoms with Crippen LogP contribution >= 0.6 is 0 Å². The minimum atomic E-state index is -2.41. The van der Waals surface area contributed by atoms with Crippen LogP contribution in [0.25, 0.3) is 6.08 Å². The summed E-state index contributed by atoms with van der Waals surface area (Å²) in [4.78, 5) is 0. The molecule has 0 fully saturated rings. The first kappa shape index (κ1) is 13.8. The molecular formula is C14H19F2N. The molecule has 3 heteroatoms. The quantitative estimate of drug-likeness (QED) is 0.822. The summed E-state index contributed by atoms with van der Waals surface area (Å²) in [6.07, 6.45) is -0.428. The highest BCUT2D eigenvalue weighted by molar-refractivity contribution is 5.54. The second kappa shape index (κ2) is 6.50. The lowest BCUT2D eigenvalue weighted by atomic mass is 9.99. The number of hydrogen-bond donors (Lipinski definition) is 1. The van der Waals surface area contributed by atoms with E-state index in [1.54, 1.807) is 12.1 Å². The Morgan fingerprint density at radius 2 is 2.06 bits per heavy atom. The van der Waals surface area contributed by atoms with Crippen LogP contribution in [-0.4, -0.2) is 13.6 Å². The molecule has 0 radical (unpaired) electrons. The summed E-state index contributed by atoms with van der Waals surface area (Å²) >= 11 is 0. The number of benzene rings is 1. The Morgan fingerprint density at radius 3 is 2.59 bits per heavy atom. The van der Waals surface area contributed by atoms with E-state index in [2.05, 4.69) is 19.2 Å². The lowest BCUT2D eigenvalue weighted by Gasteiger charge is -2.11. The lowest BCUT2D eigenvalue weighted by molar-refractivity contribution is 0.151. The summed E-state index contributed by atoms with van der Waals surface area (Å²) in [5, 5.41) is 3.09. The molecule has 0 saturated carbocycles. The molecule has 94 valence electrons. The van der Waals surface area contributed by atoms with Gasteiger partial charge in [0.05, 0.1) is 0 Å². The Bertz CT molecular complexity index is 384. The normalized spacial score (nSPS) is 12.5. The largest absolute Gasteiger partial charge is 0.316 e. The fraction of sp³-hybridized carbons (Fsp3) is 0.429. The SMILES string of the molecule is CNC/C(=C/c1cccc(C(F)F)c1)C(C)C. The highest BCUT2D eigenvalue weighted by Gasteiger charge is 2.07. The third kappa shape index (κ3) is 4.27. The van der Waals surface area contributed by atoms with Crippen LogP contribution in [0.15, 0.2) is 29.8 Å². The highest BCUT2D eigenvalue weighted by atomic mass is 19.3. The van der Waals surface area contributed by atoms with Gasteiger partial charge >= 0.3 is 0 Å². The predicted molar refractivity (Wildman–Crippen MR) is 68.1 cm³/mol. The van der Waals surface area contributed by atoms with Crippen LogP contribution in [0, 0.1) is 5.92 Å². The first-order valence-corrected chi connectivity index (χ1v) is 5.77. The molecule has 1 aromatic carbocycles. The zero-order valence-electron chi connectivity index (χ0n) is 10.5. The van der Waals surface area contributed by atoms with Gasteiger partial charge in [0.25, 0.3) is 6.43 Å². The first-order valence-electron chi connectivity index (χ1n) is 5.77. The third-order valence-corrected chi connectivity index (χ3v) is 2.64. The van der Waals surface area contributed by atoms with Gasteiger partial charge < -0.3 is 5.32 Å². The van der Waals surface area contributed by atoms with Crippen LogP contribution in [0.1, 0.15) is 31.4 Å². The minimum absolute atomic E-state index is 0.0753. The summed E-state index contributed by atoms with van der Waals surface area (Å²) < 4.78 is 25.1. The van der Waals surface area contributed by atoms with Crippen molar-refractivity contribution in [2.75, 3.05) is 13.6 Å². The van der Waals surface area contributed by atoms with Crippen molar-refractivity contribution >= 4 is 6.08 Å². The van der Waals surface area contributed by atoms with Crippen molar-refractivity contribution in [1.29, 1.82) is 0 Å². The van der Waals surface area contributed by atoms with E-state index in [9.17, 15) is 8.78 Å². The van der Waals surface area contributed by atoms with Crippen molar-refractivity contribution in [3.05, 3.63) is 41.0 Å². The Balaban J connectivity index is 2.98. The monoisotopic (exact) mass is 239 g/mol. The summed E-state index contributed by atoms with van der Waals surface area (Å²) in [6.45, 7) is 4.97. The number of halogens is 2. The molecule has 0 unspecified atom stereocenters. The molecule has 0 saturated heterocycles. The van der Waals surface area contributed by atoms with Crippen molar-refractivity contribution in [3.63, 3.8) is 0 Å². The molecule has 0 bridgehead atoms. The number of alkyl halides is 2. The summed E-state index contributed by atoms with van der Waals surface area (Å²) in [6, 6.07) is 6.52. The second-order valence-corrected chi connectivity index (χ2v) is 4.38. The van der Waals surface area contributed by atoms with Crippen molar-refractivity contribution < 1.29 is 8.78 Å². The Hall–Kier alpha value is -1.22. The average molecular weight is 239 g/mol. The molecule has 1 aromatic rings. The van der Waals surface area contributed by atoms with E-state index < -0.39 is 6.43 Å². The molecule has 0 aliphatic rings. The Morgan fingerprint density at radius 1 is 1.35 bits per heavy atom.